The summed E-state index contributed by atoms with van der Waals surface area (Å²) in [6.07, 6.45) is 3.54. The Morgan fingerprint density at radius 1 is 1.62 bits per heavy atom. The molecule has 5 heteroatoms. The number of rotatable bonds is 2. The smallest absolute Gasteiger partial charge is 0.323 e. The largest absolute Gasteiger partial charge is 0.337 e. The zero-order valence-electron chi connectivity index (χ0n) is 7.33. The van der Waals surface area contributed by atoms with E-state index in [9.17, 15) is 9.59 Å². The summed E-state index contributed by atoms with van der Waals surface area (Å²) in [5.41, 5.74) is -0.00746. The Morgan fingerprint density at radius 3 is 2.77 bits per heavy atom. The number of aromatic amines is 2. The number of hydrogen-bond acceptors (Lipinski definition) is 2. The molecule has 5 nitrogen and oxygen atoms in total. The van der Waals surface area contributed by atoms with Gasteiger partial charge in [-0.2, -0.15) is 0 Å². The average Bonchev–Trinajstić information content (AvgIpc) is 2.87. The molecule has 2 N–H and O–H groups in total. The molecule has 1 aromatic heterocycles. The fourth-order valence-corrected chi connectivity index (χ4v) is 1.27. The molecule has 1 saturated carbocycles. The van der Waals surface area contributed by atoms with Crippen LogP contribution in [0.25, 0.3) is 0 Å². The number of aromatic nitrogens is 2. The quantitative estimate of drug-likeness (QED) is 0.671. The number of H-pyrrole nitrogens is 2. The zero-order valence-corrected chi connectivity index (χ0v) is 7.33. The zero-order chi connectivity index (χ0) is 9.42. The highest BCUT2D eigenvalue weighted by molar-refractivity contribution is 5.92. The summed E-state index contributed by atoms with van der Waals surface area (Å²) in [5.74, 6) is -0.124. The summed E-state index contributed by atoms with van der Waals surface area (Å²) in [5, 5.41) is 0. The first-order valence-electron chi connectivity index (χ1n) is 4.23. The molecule has 1 amide bonds. The molecule has 70 valence electrons. The highest BCUT2D eigenvalue weighted by Crippen LogP contribution is 2.26. The van der Waals surface area contributed by atoms with E-state index < -0.39 is 0 Å². The van der Waals surface area contributed by atoms with E-state index in [-0.39, 0.29) is 11.6 Å². The van der Waals surface area contributed by atoms with Gasteiger partial charge in [-0.3, -0.25) is 4.79 Å². The number of nitrogens with zero attached hydrogens (tertiary/aromatic N) is 1. The third-order valence-corrected chi connectivity index (χ3v) is 2.24. The maximum Gasteiger partial charge on any atom is 0.323 e. The molecule has 1 aliphatic rings. The van der Waals surface area contributed by atoms with Crippen molar-refractivity contribution in [3.05, 3.63) is 22.4 Å². The van der Waals surface area contributed by atoms with Crippen LogP contribution in [0.5, 0.6) is 0 Å². The topological polar surface area (TPSA) is 69.0 Å². The first-order valence-corrected chi connectivity index (χ1v) is 4.23. The summed E-state index contributed by atoms with van der Waals surface area (Å²) in [7, 11) is 1.76. The minimum atomic E-state index is -0.340. The van der Waals surface area contributed by atoms with E-state index in [4.69, 9.17) is 0 Å². The van der Waals surface area contributed by atoms with Crippen LogP contribution in [-0.2, 0) is 0 Å². The van der Waals surface area contributed by atoms with Gasteiger partial charge in [0.15, 0.2) is 0 Å². The van der Waals surface area contributed by atoms with E-state index in [2.05, 4.69) is 9.97 Å². The average molecular weight is 181 g/mol. The second kappa shape index (κ2) is 2.76. The number of hydrogen-bond donors (Lipinski definition) is 2. The molecule has 0 spiro atoms. The highest BCUT2D eigenvalue weighted by Gasteiger charge is 2.30. The van der Waals surface area contributed by atoms with Crippen molar-refractivity contribution in [2.24, 2.45) is 0 Å². The van der Waals surface area contributed by atoms with Gasteiger partial charge in [0.2, 0.25) is 0 Å². The van der Waals surface area contributed by atoms with Gasteiger partial charge in [0.1, 0.15) is 5.69 Å². The van der Waals surface area contributed by atoms with Crippen LogP contribution in [0.15, 0.2) is 11.0 Å². The van der Waals surface area contributed by atoms with Crippen molar-refractivity contribution in [2.45, 2.75) is 18.9 Å². The lowest BCUT2D eigenvalue weighted by Gasteiger charge is -2.14. The molecule has 0 atom stereocenters. The summed E-state index contributed by atoms with van der Waals surface area (Å²) < 4.78 is 0. The van der Waals surface area contributed by atoms with Gasteiger partial charge in [0, 0.05) is 19.3 Å². The number of imidazole rings is 1. The van der Waals surface area contributed by atoms with E-state index >= 15 is 0 Å². The molecule has 1 heterocycles. The molecule has 0 aliphatic heterocycles. The normalized spacial score (nSPS) is 15.8. The fraction of sp³-hybridized carbons (Fsp3) is 0.500. The molecule has 2 rings (SSSR count). The van der Waals surface area contributed by atoms with Crippen LogP contribution in [0.3, 0.4) is 0 Å². The lowest BCUT2D eigenvalue weighted by atomic mass is 10.4. The second-order valence-corrected chi connectivity index (χ2v) is 3.30. The van der Waals surface area contributed by atoms with Gasteiger partial charge in [-0.15, -0.1) is 0 Å². The molecular formula is C8H11N3O2. The van der Waals surface area contributed by atoms with Crippen molar-refractivity contribution in [1.29, 1.82) is 0 Å². The Hall–Kier alpha value is -1.52. The Balaban J connectivity index is 2.16. The lowest BCUT2D eigenvalue weighted by molar-refractivity contribution is 0.0779. The van der Waals surface area contributed by atoms with Crippen LogP contribution in [0.1, 0.15) is 23.3 Å². The van der Waals surface area contributed by atoms with E-state index in [1.165, 1.54) is 6.20 Å². The van der Waals surface area contributed by atoms with Crippen molar-refractivity contribution < 1.29 is 4.79 Å². The summed E-state index contributed by atoms with van der Waals surface area (Å²) >= 11 is 0. The predicted molar refractivity (Wildman–Crippen MR) is 46.5 cm³/mol. The number of nitrogens with one attached hydrogen (secondary N) is 2. The Kier molecular flexibility index (Phi) is 1.72. The molecule has 0 saturated heterocycles. The van der Waals surface area contributed by atoms with Crippen LogP contribution in [0.2, 0.25) is 0 Å². The number of carbonyl (C=O) groups is 1. The third kappa shape index (κ3) is 1.49. The number of carbonyl (C=O) groups excluding carboxylic acids is 1. The van der Waals surface area contributed by atoms with Crippen molar-refractivity contribution >= 4 is 5.91 Å². The first-order chi connectivity index (χ1) is 6.18. The van der Waals surface area contributed by atoms with Gasteiger partial charge in [0.25, 0.3) is 5.91 Å². The summed E-state index contributed by atoms with van der Waals surface area (Å²) in [6.45, 7) is 0. The van der Waals surface area contributed by atoms with Gasteiger partial charge >= 0.3 is 5.69 Å². The van der Waals surface area contributed by atoms with Crippen LogP contribution in [0.4, 0.5) is 0 Å². The summed E-state index contributed by atoms with van der Waals surface area (Å²) in [6, 6.07) is 0.367. The van der Waals surface area contributed by atoms with Gasteiger partial charge in [-0.1, -0.05) is 0 Å². The van der Waals surface area contributed by atoms with Gasteiger partial charge in [-0.25, -0.2) is 4.79 Å². The lowest BCUT2D eigenvalue weighted by Crippen LogP contribution is -2.29. The van der Waals surface area contributed by atoms with Crippen LogP contribution in [0, 0.1) is 0 Å². The molecule has 1 aromatic rings. The SMILES string of the molecule is CN(C(=O)c1c[nH]c(=O)[nH]1)C1CC1. The Bertz CT molecular complexity index is 375. The van der Waals surface area contributed by atoms with Crippen LogP contribution in [-0.4, -0.2) is 33.9 Å². The Morgan fingerprint density at radius 2 is 2.31 bits per heavy atom. The maximum atomic E-state index is 11.6. The minimum Gasteiger partial charge on any atom is -0.337 e. The van der Waals surface area contributed by atoms with Gasteiger partial charge in [0.05, 0.1) is 0 Å². The second-order valence-electron chi connectivity index (χ2n) is 3.30. The maximum absolute atomic E-state index is 11.6. The fourth-order valence-electron chi connectivity index (χ4n) is 1.27. The van der Waals surface area contributed by atoms with E-state index in [0.29, 0.717) is 11.7 Å². The van der Waals surface area contributed by atoms with Crippen molar-refractivity contribution in [3.8, 4) is 0 Å². The van der Waals surface area contributed by atoms with Gasteiger partial charge < -0.3 is 14.9 Å². The van der Waals surface area contributed by atoms with Crippen molar-refractivity contribution in [3.63, 3.8) is 0 Å². The van der Waals surface area contributed by atoms with Crippen molar-refractivity contribution in [2.75, 3.05) is 7.05 Å². The van der Waals surface area contributed by atoms with Crippen LogP contribution < -0.4 is 5.69 Å². The van der Waals surface area contributed by atoms with Crippen molar-refractivity contribution in [1.82, 2.24) is 14.9 Å². The Labute approximate surface area is 74.8 Å². The molecule has 1 fully saturated rings. The highest BCUT2D eigenvalue weighted by atomic mass is 16.2. The molecule has 0 aromatic carbocycles. The molecule has 0 radical (unpaired) electrons. The molecule has 1 aliphatic carbocycles. The summed E-state index contributed by atoms with van der Waals surface area (Å²) in [4.78, 5) is 28.8. The standard InChI is InChI=1S/C8H11N3O2/c1-11(5-2-3-5)7(12)6-4-9-8(13)10-6/h4-5H,2-3H2,1H3,(H2,9,10,13). The molecule has 13 heavy (non-hydrogen) atoms. The number of amides is 1. The van der Waals surface area contributed by atoms with E-state index in [1.54, 1.807) is 11.9 Å². The van der Waals surface area contributed by atoms with E-state index in [1.807, 2.05) is 0 Å². The molecule has 0 bridgehead atoms. The van der Waals surface area contributed by atoms with Gasteiger partial charge in [-0.05, 0) is 12.8 Å². The first kappa shape index (κ1) is 8.10. The third-order valence-electron chi connectivity index (χ3n) is 2.24. The van der Waals surface area contributed by atoms with Crippen LogP contribution >= 0.6 is 0 Å². The molecule has 0 unspecified atom stereocenters. The minimum absolute atomic E-state index is 0.124. The molecular weight excluding hydrogens is 170 g/mol. The van der Waals surface area contributed by atoms with E-state index in [0.717, 1.165) is 12.8 Å². The predicted octanol–water partition coefficient (Wildman–Crippen LogP) is -0.0626. The monoisotopic (exact) mass is 181 g/mol.